The molecule has 0 aliphatic heterocycles. The molecule has 16 heavy (non-hydrogen) atoms. The van der Waals surface area contributed by atoms with E-state index in [9.17, 15) is 0 Å². The molecule has 3 rings (SSSR count). The Morgan fingerprint density at radius 2 is 2.12 bits per heavy atom. The number of aromatic nitrogens is 2. The van der Waals surface area contributed by atoms with Crippen molar-refractivity contribution >= 4 is 5.82 Å². The minimum Gasteiger partial charge on any atom is -0.371 e. The molecule has 0 bridgehead atoms. The first-order chi connectivity index (χ1) is 7.90. The van der Waals surface area contributed by atoms with Crippen LogP contribution in [0.25, 0.3) is 11.3 Å². The summed E-state index contributed by atoms with van der Waals surface area (Å²) in [4.78, 5) is 0. The smallest absolute Gasteiger partial charge is 0.151 e. The van der Waals surface area contributed by atoms with E-state index in [1.807, 2.05) is 7.05 Å². The number of aromatic amines is 1. The molecule has 0 saturated heterocycles. The van der Waals surface area contributed by atoms with Gasteiger partial charge < -0.3 is 5.32 Å². The molecule has 82 valence electrons. The largest absolute Gasteiger partial charge is 0.371 e. The van der Waals surface area contributed by atoms with Crippen molar-refractivity contribution in [1.29, 1.82) is 0 Å². The number of aryl methyl sites for hydroxylation is 1. The van der Waals surface area contributed by atoms with E-state index in [1.54, 1.807) is 0 Å². The highest BCUT2D eigenvalue weighted by Gasteiger charge is 2.18. The highest BCUT2D eigenvalue weighted by atomic mass is 15.2. The molecule has 3 nitrogen and oxygen atoms in total. The second-order valence-electron chi connectivity index (χ2n) is 4.19. The van der Waals surface area contributed by atoms with Crippen molar-refractivity contribution in [3.63, 3.8) is 0 Å². The summed E-state index contributed by atoms with van der Waals surface area (Å²) in [6.45, 7) is 0. The van der Waals surface area contributed by atoms with Gasteiger partial charge in [-0.1, -0.05) is 24.3 Å². The monoisotopic (exact) mass is 213 g/mol. The van der Waals surface area contributed by atoms with Gasteiger partial charge in [-0.05, 0) is 24.8 Å². The summed E-state index contributed by atoms with van der Waals surface area (Å²) < 4.78 is 0. The van der Waals surface area contributed by atoms with Gasteiger partial charge in [-0.2, -0.15) is 5.10 Å². The van der Waals surface area contributed by atoms with E-state index >= 15 is 0 Å². The maximum Gasteiger partial charge on any atom is 0.151 e. The van der Waals surface area contributed by atoms with Crippen molar-refractivity contribution in [3.8, 4) is 11.3 Å². The molecule has 1 aromatic carbocycles. The van der Waals surface area contributed by atoms with Gasteiger partial charge in [0, 0.05) is 18.2 Å². The highest BCUT2D eigenvalue weighted by molar-refractivity contribution is 5.72. The summed E-state index contributed by atoms with van der Waals surface area (Å²) in [6, 6.07) is 8.59. The maximum atomic E-state index is 4.32. The van der Waals surface area contributed by atoms with Crippen molar-refractivity contribution in [1.82, 2.24) is 10.2 Å². The second kappa shape index (κ2) is 3.67. The zero-order valence-electron chi connectivity index (χ0n) is 9.38. The van der Waals surface area contributed by atoms with Crippen LogP contribution in [0.2, 0.25) is 0 Å². The predicted molar refractivity (Wildman–Crippen MR) is 65.6 cm³/mol. The first-order valence-electron chi connectivity index (χ1n) is 5.73. The number of hydrogen-bond donors (Lipinski definition) is 2. The third kappa shape index (κ3) is 1.32. The van der Waals surface area contributed by atoms with Crippen LogP contribution in [0.15, 0.2) is 24.3 Å². The summed E-state index contributed by atoms with van der Waals surface area (Å²) in [6.07, 6.45) is 3.44. The van der Waals surface area contributed by atoms with Crippen molar-refractivity contribution in [2.75, 3.05) is 12.4 Å². The lowest BCUT2D eigenvalue weighted by molar-refractivity contribution is 0.835. The number of nitrogens with one attached hydrogen (secondary N) is 2. The lowest BCUT2D eigenvalue weighted by Gasteiger charge is -2.03. The van der Waals surface area contributed by atoms with E-state index in [4.69, 9.17) is 0 Å². The Morgan fingerprint density at radius 1 is 1.25 bits per heavy atom. The second-order valence-corrected chi connectivity index (χ2v) is 4.19. The van der Waals surface area contributed by atoms with Crippen LogP contribution in [-0.4, -0.2) is 17.2 Å². The summed E-state index contributed by atoms with van der Waals surface area (Å²) in [5.74, 6) is 0.992. The van der Waals surface area contributed by atoms with Crippen LogP contribution in [0.5, 0.6) is 0 Å². The fourth-order valence-corrected chi connectivity index (χ4v) is 2.48. The standard InChI is InChI=1S/C13H15N3/c1-14-13-11-8-4-6-9-5-2-3-7-10(9)12(11)15-16-13/h2-3,5,7H,4,6,8H2,1H3,(H2,14,15,16). The van der Waals surface area contributed by atoms with Crippen LogP contribution < -0.4 is 5.32 Å². The van der Waals surface area contributed by atoms with Crippen molar-refractivity contribution in [2.24, 2.45) is 0 Å². The van der Waals surface area contributed by atoms with E-state index < -0.39 is 0 Å². The average molecular weight is 213 g/mol. The van der Waals surface area contributed by atoms with Gasteiger partial charge in [0.2, 0.25) is 0 Å². The molecule has 2 N–H and O–H groups in total. The SMILES string of the molecule is CNc1n[nH]c2c1CCCc1ccccc1-2. The number of nitrogens with zero attached hydrogens (tertiary/aromatic N) is 1. The molecule has 0 fully saturated rings. The Labute approximate surface area is 94.9 Å². The molecule has 0 atom stereocenters. The first-order valence-corrected chi connectivity index (χ1v) is 5.73. The predicted octanol–water partition coefficient (Wildman–Crippen LogP) is 2.61. The van der Waals surface area contributed by atoms with Gasteiger partial charge in [0.15, 0.2) is 5.82 Å². The Hall–Kier alpha value is -1.77. The number of anilines is 1. The van der Waals surface area contributed by atoms with E-state index in [0.717, 1.165) is 18.7 Å². The summed E-state index contributed by atoms with van der Waals surface area (Å²) >= 11 is 0. The van der Waals surface area contributed by atoms with Gasteiger partial charge in [0.05, 0.1) is 5.69 Å². The molecule has 0 saturated carbocycles. The molecule has 1 heterocycles. The normalized spacial score (nSPS) is 13.8. The summed E-state index contributed by atoms with van der Waals surface area (Å²) in [5, 5.41) is 10.6. The molecular weight excluding hydrogens is 198 g/mol. The Kier molecular flexibility index (Phi) is 2.17. The van der Waals surface area contributed by atoms with Gasteiger partial charge in [-0.15, -0.1) is 0 Å². The van der Waals surface area contributed by atoms with Crippen molar-refractivity contribution in [2.45, 2.75) is 19.3 Å². The zero-order chi connectivity index (χ0) is 11.0. The van der Waals surface area contributed by atoms with E-state index in [0.29, 0.717) is 0 Å². The van der Waals surface area contributed by atoms with Crippen LogP contribution in [0.3, 0.4) is 0 Å². The molecule has 1 aliphatic carbocycles. The van der Waals surface area contributed by atoms with Gasteiger partial charge >= 0.3 is 0 Å². The lowest BCUT2D eigenvalue weighted by atomic mass is 10.0. The Balaban J connectivity index is 2.22. The fraction of sp³-hybridized carbons (Fsp3) is 0.308. The van der Waals surface area contributed by atoms with Gasteiger partial charge in [-0.3, -0.25) is 5.10 Å². The Bertz CT molecular complexity index is 514. The van der Waals surface area contributed by atoms with Crippen LogP contribution >= 0.6 is 0 Å². The minimum atomic E-state index is 0.992. The van der Waals surface area contributed by atoms with Crippen molar-refractivity contribution in [3.05, 3.63) is 35.4 Å². The summed E-state index contributed by atoms with van der Waals surface area (Å²) in [5.41, 5.74) is 5.25. The number of hydrogen-bond acceptors (Lipinski definition) is 2. The van der Waals surface area contributed by atoms with E-state index in [2.05, 4.69) is 39.8 Å². The van der Waals surface area contributed by atoms with Gasteiger partial charge in [0.1, 0.15) is 0 Å². The molecule has 0 amide bonds. The first kappa shape index (κ1) is 9.46. The maximum absolute atomic E-state index is 4.32. The number of H-pyrrole nitrogens is 1. The topological polar surface area (TPSA) is 40.7 Å². The molecule has 3 heteroatoms. The molecule has 2 aromatic rings. The number of rotatable bonds is 1. The number of benzene rings is 1. The molecule has 1 aromatic heterocycles. The van der Waals surface area contributed by atoms with Crippen LogP contribution in [-0.2, 0) is 12.8 Å². The fourth-order valence-electron chi connectivity index (χ4n) is 2.48. The molecular formula is C13H15N3. The Morgan fingerprint density at radius 3 is 3.00 bits per heavy atom. The van der Waals surface area contributed by atoms with Crippen LogP contribution in [0.1, 0.15) is 17.5 Å². The van der Waals surface area contributed by atoms with E-state index in [-0.39, 0.29) is 0 Å². The molecule has 0 radical (unpaired) electrons. The molecule has 0 unspecified atom stereocenters. The lowest BCUT2D eigenvalue weighted by Crippen LogP contribution is -1.93. The zero-order valence-corrected chi connectivity index (χ0v) is 9.38. The minimum absolute atomic E-state index is 0.992. The van der Waals surface area contributed by atoms with Gasteiger partial charge in [-0.25, -0.2) is 0 Å². The third-order valence-corrected chi connectivity index (χ3v) is 3.26. The number of fused-ring (bicyclic) bond motifs is 3. The molecule has 0 spiro atoms. The van der Waals surface area contributed by atoms with E-state index in [1.165, 1.54) is 28.8 Å². The van der Waals surface area contributed by atoms with Crippen LogP contribution in [0, 0.1) is 0 Å². The third-order valence-electron chi connectivity index (χ3n) is 3.26. The molecule has 1 aliphatic rings. The van der Waals surface area contributed by atoms with Crippen molar-refractivity contribution < 1.29 is 0 Å². The van der Waals surface area contributed by atoms with Crippen LogP contribution in [0.4, 0.5) is 5.82 Å². The quantitative estimate of drug-likeness (QED) is 0.764. The highest BCUT2D eigenvalue weighted by Crippen LogP contribution is 2.33. The summed E-state index contributed by atoms with van der Waals surface area (Å²) in [7, 11) is 1.92. The van der Waals surface area contributed by atoms with Gasteiger partial charge in [0.25, 0.3) is 0 Å². The average Bonchev–Trinajstić information content (AvgIpc) is 2.64.